The Morgan fingerprint density at radius 1 is 1.18 bits per heavy atom. The monoisotopic (exact) mass is 147 g/mol. The zero-order valence-corrected chi connectivity index (χ0v) is 6.01. The highest BCUT2D eigenvalue weighted by Crippen LogP contribution is 1.99. The van der Waals surface area contributed by atoms with Crippen molar-refractivity contribution < 1.29 is 5.21 Å². The van der Waals surface area contributed by atoms with Gasteiger partial charge in [0.05, 0.1) is 6.21 Å². The molecule has 0 atom stereocenters. The molecule has 0 saturated carbocycles. The number of oxime groups is 1. The molecule has 0 aliphatic carbocycles. The second-order valence-corrected chi connectivity index (χ2v) is 2.03. The van der Waals surface area contributed by atoms with Crippen molar-refractivity contribution in [3.05, 3.63) is 42.0 Å². The van der Waals surface area contributed by atoms with Gasteiger partial charge in [-0.05, 0) is 11.6 Å². The molecule has 1 aromatic carbocycles. The summed E-state index contributed by atoms with van der Waals surface area (Å²) in [7, 11) is 0. The number of hydrogen-bond acceptors (Lipinski definition) is 2. The molecule has 0 spiro atoms. The van der Waals surface area contributed by atoms with E-state index in [2.05, 4.69) is 5.16 Å². The molecule has 0 saturated heterocycles. The van der Waals surface area contributed by atoms with Crippen molar-refractivity contribution in [1.29, 1.82) is 0 Å². The van der Waals surface area contributed by atoms with Crippen LogP contribution >= 0.6 is 0 Å². The molecule has 0 aromatic heterocycles. The Bertz CT molecular complexity index is 252. The quantitative estimate of drug-likeness (QED) is 0.388. The lowest BCUT2D eigenvalue weighted by molar-refractivity contribution is 0.322. The molecule has 56 valence electrons. The molecule has 0 unspecified atom stereocenters. The summed E-state index contributed by atoms with van der Waals surface area (Å²) in [5.41, 5.74) is 1.09. The fourth-order valence-corrected chi connectivity index (χ4v) is 0.757. The van der Waals surface area contributed by atoms with E-state index in [9.17, 15) is 0 Å². The van der Waals surface area contributed by atoms with Gasteiger partial charge in [-0.15, -0.1) is 0 Å². The van der Waals surface area contributed by atoms with Gasteiger partial charge in [0.15, 0.2) is 0 Å². The molecule has 1 N–H and O–H groups in total. The van der Waals surface area contributed by atoms with E-state index < -0.39 is 0 Å². The Labute approximate surface area is 65.5 Å². The SMILES string of the molecule is O/N=C/C=C\c1ccccc1. The zero-order valence-electron chi connectivity index (χ0n) is 6.01. The maximum Gasteiger partial charge on any atom is 0.0661 e. The minimum atomic E-state index is 1.09. The van der Waals surface area contributed by atoms with Crippen molar-refractivity contribution in [2.45, 2.75) is 0 Å². The molecule has 0 amide bonds. The van der Waals surface area contributed by atoms with E-state index in [0.29, 0.717) is 0 Å². The van der Waals surface area contributed by atoms with Crippen LogP contribution in [0.25, 0.3) is 6.08 Å². The van der Waals surface area contributed by atoms with Crippen LogP contribution in [0.15, 0.2) is 41.6 Å². The van der Waals surface area contributed by atoms with Crippen molar-refractivity contribution in [3.63, 3.8) is 0 Å². The first-order valence-corrected chi connectivity index (χ1v) is 3.32. The highest BCUT2D eigenvalue weighted by atomic mass is 16.4. The minimum Gasteiger partial charge on any atom is -0.411 e. The normalized spacial score (nSPS) is 11.3. The maximum atomic E-state index is 8.06. The lowest BCUT2D eigenvalue weighted by atomic mass is 10.2. The second-order valence-electron chi connectivity index (χ2n) is 2.03. The molecule has 2 nitrogen and oxygen atoms in total. The highest BCUT2D eigenvalue weighted by Gasteiger charge is 1.79. The molecular weight excluding hydrogens is 138 g/mol. The van der Waals surface area contributed by atoms with E-state index in [4.69, 9.17) is 5.21 Å². The van der Waals surface area contributed by atoms with Crippen LogP contribution in [0.1, 0.15) is 5.56 Å². The number of nitrogens with zero attached hydrogens (tertiary/aromatic N) is 1. The smallest absolute Gasteiger partial charge is 0.0661 e. The second kappa shape index (κ2) is 4.28. The Morgan fingerprint density at radius 2 is 1.91 bits per heavy atom. The largest absolute Gasteiger partial charge is 0.411 e. The van der Waals surface area contributed by atoms with Crippen LogP contribution in [0.5, 0.6) is 0 Å². The van der Waals surface area contributed by atoms with Crippen molar-refractivity contribution in [1.82, 2.24) is 0 Å². The minimum absolute atomic E-state index is 1.09. The molecule has 1 rings (SSSR count). The third-order valence-corrected chi connectivity index (χ3v) is 1.24. The Balaban J connectivity index is 2.64. The van der Waals surface area contributed by atoms with E-state index in [1.807, 2.05) is 36.4 Å². The zero-order chi connectivity index (χ0) is 7.94. The van der Waals surface area contributed by atoms with Crippen molar-refractivity contribution in [2.75, 3.05) is 0 Å². The summed E-state index contributed by atoms with van der Waals surface area (Å²) in [5, 5.41) is 10.9. The van der Waals surface area contributed by atoms with Gasteiger partial charge < -0.3 is 5.21 Å². The average Bonchev–Trinajstić information content (AvgIpc) is 2.07. The fourth-order valence-electron chi connectivity index (χ4n) is 0.757. The van der Waals surface area contributed by atoms with Crippen LogP contribution in [0.3, 0.4) is 0 Å². The van der Waals surface area contributed by atoms with E-state index in [1.54, 1.807) is 6.08 Å². The predicted octanol–water partition coefficient (Wildman–Crippen LogP) is 2.16. The molecule has 0 aliphatic heterocycles. The van der Waals surface area contributed by atoms with Crippen molar-refractivity contribution in [3.8, 4) is 0 Å². The summed E-state index contributed by atoms with van der Waals surface area (Å²) in [6.07, 6.45) is 4.86. The summed E-state index contributed by atoms with van der Waals surface area (Å²) in [5.74, 6) is 0. The molecular formula is C9H9NO. The molecule has 0 radical (unpaired) electrons. The van der Waals surface area contributed by atoms with Gasteiger partial charge in [-0.1, -0.05) is 41.6 Å². The van der Waals surface area contributed by atoms with Crippen LogP contribution in [0.2, 0.25) is 0 Å². The van der Waals surface area contributed by atoms with Crippen LogP contribution in [0.4, 0.5) is 0 Å². The van der Waals surface area contributed by atoms with Crippen LogP contribution in [-0.4, -0.2) is 11.4 Å². The maximum absolute atomic E-state index is 8.06. The summed E-state index contributed by atoms with van der Waals surface area (Å²) in [6.45, 7) is 0. The van der Waals surface area contributed by atoms with E-state index in [1.165, 1.54) is 6.21 Å². The Kier molecular flexibility index (Phi) is 2.93. The lowest BCUT2D eigenvalue weighted by Gasteiger charge is -1.87. The third kappa shape index (κ3) is 2.67. The molecule has 0 aliphatic rings. The van der Waals surface area contributed by atoms with Gasteiger partial charge in [-0.2, -0.15) is 0 Å². The Hall–Kier alpha value is -1.57. The molecule has 0 fully saturated rings. The van der Waals surface area contributed by atoms with Gasteiger partial charge in [0.25, 0.3) is 0 Å². The standard InChI is InChI=1S/C9H9NO/c11-10-8-4-7-9-5-2-1-3-6-9/h1-8,11H/b7-4-,10-8+. The summed E-state index contributed by atoms with van der Waals surface area (Å²) >= 11 is 0. The average molecular weight is 147 g/mol. The first-order chi connectivity index (χ1) is 5.43. The summed E-state index contributed by atoms with van der Waals surface area (Å²) in [4.78, 5) is 0. The number of rotatable bonds is 2. The number of allylic oxidation sites excluding steroid dienone is 1. The van der Waals surface area contributed by atoms with Gasteiger partial charge >= 0.3 is 0 Å². The van der Waals surface area contributed by atoms with Gasteiger partial charge in [-0.25, -0.2) is 0 Å². The van der Waals surface area contributed by atoms with E-state index >= 15 is 0 Å². The van der Waals surface area contributed by atoms with Crippen molar-refractivity contribution >= 4 is 12.3 Å². The topological polar surface area (TPSA) is 32.6 Å². The van der Waals surface area contributed by atoms with Gasteiger partial charge in [0.2, 0.25) is 0 Å². The summed E-state index contributed by atoms with van der Waals surface area (Å²) in [6, 6.07) is 9.81. The van der Waals surface area contributed by atoms with E-state index in [0.717, 1.165) is 5.56 Å². The van der Waals surface area contributed by atoms with E-state index in [-0.39, 0.29) is 0 Å². The van der Waals surface area contributed by atoms with Gasteiger partial charge in [0, 0.05) is 0 Å². The van der Waals surface area contributed by atoms with Crippen LogP contribution < -0.4 is 0 Å². The van der Waals surface area contributed by atoms with Crippen LogP contribution in [0, 0.1) is 0 Å². The summed E-state index contributed by atoms with van der Waals surface area (Å²) < 4.78 is 0. The molecule has 11 heavy (non-hydrogen) atoms. The van der Waals surface area contributed by atoms with Crippen LogP contribution in [-0.2, 0) is 0 Å². The molecule has 1 aromatic rings. The number of benzene rings is 1. The van der Waals surface area contributed by atoms with Gasteiger partial charge in [0.1, 0.15) is 0 Å². The molecule has 0 heterocycles. The number of hydrogen-bond donors (Lipinski definition) is 1. The third-order valence-electron chi connectivity index (χ3n) is 1.24. The molecule has 2 heteroatoms. The van der Waals surface area contributed by atoms with Gasteiger partial charge in [-0.3, -0.25) is 0 Å². The Morgan fingerprint density at radius 3 is 2.55 bits per heavy atom. The molecule has 0 bridgehead atoms. The predicted molar refractivity (Wildman–Crippen MR) is 45.8 cm³/mol. The lowest BCUT2D eigenvalue weighted by Crippen LogP contribution is -1.68. The first-order valence-electron chi connectivity index (χ1n) is 3.32. The highest BCUT2D eigenvalue weighted by molar-refractivity contribution is 5.77. The fraction of sp³-hybridized carbons (Fsp3) is 0. The first kappa shape index (κ1) is 7.54. The van der Waals surface area contributed by atoms with Crippen molar-refractivity contribution in [2.24, 2.45) is 5.16 Å².